The molecule has 0 saturated carbocycles. The van der Waals surface area contributed by atoms with Crippen LogP contribution in [0.4, 0.5) is 0 Å². The molecule has 0 unspecified atom stereocenters. The van der Waals surface area contributed by atoms with E-state index in [1.54, 1.807) is 7.11 Å². The number of methoxy groups -OCH3 is 1. The standard InChI is InChI=1S/C28H35NO/c1-28(2,3)26-17-15-24(16-18-26)21-29(19-9-13-23-10-6-5-7-11-23)22-25-12-8-14-27(20-25)30-4/h5-8,10-12,14-18,20H,9,13,19,21-22H2,1-4H3. The van der Waals surface area contributed by atoms with Crippen LogP contribution in [0.25, 0.3) is 0 Å². The van der Waals surface area contributed by atoms with Crippen LogP contribution in [0.15, 0.2) is 78.9 Å². The van der Waals surface area contributed by atoms with Crippen LogP contribution in [0.3, 0.4) is 0 Å². The number of nitrogens with zero attached hydrogens (tertiary/aromatic N) is 1. The highest BCUT2D eigenvalue weighted by atomic mass is 16.5. The Bertz CT molecular complexity index is 894. The van der Waals surface area contributed by atoms with Crippen LogP contribution in [0.5, 0.6) is 5.75 Å². The number of hydrogen-bond donors (Lipinski definition) is 0. The van der Waals surface area contributed by atoms with E-state index in [2.05, 4.69) is 98.5 Å². The highest BCUT2D eigenvalue weighted by Crippen LogP contribution is 2.23. The van der Waals surface area contributed by atoms with Gasteiger partial charge in [0.1, 0.15) is 5.75 Å². The third-order valence-corrected chi connectivity index (χ3v) is 5.55. The predicted octanol–water partition coefficient (Wildman–Crippen LogP) is 6.63. The number of benzene rings is 3. The molecule has 2 nitrogen and oxygen atoms in total. The molecule has 0 aromatic heterocycles. The number of hydrogen-bond acceptors (Lipinski definition) is 2. The fourth-order valence-electron chi connectivity index (χ4n) is 3.76. The second kappa shape index (κ2) is 10.4. The van der Waals surface area contributed by atoms with Gasteiger partial charge in [-0.1, -0.05) is 87.5 Å². The van der Waals surface area contributed by atoms with Gasteiger partial charge in [-0.25, -0.2) is 0 Å². The zero-order chi connectivity index (χ0) is 21.4. The molecule has 0 aliphatic rings. The van der Waals surface area contributed by atoms with E-state index >= 15 is 0 Å². The van der Waals surface area contributed by atoms with Crippen LogP contribution in [-0.4, -0.2) is 18.6 Å². The average molecular weight is 402 g/mol. The molecular formula is C28H35NO. The number of rotatable bonds is 9. The van der Waals surface area contributed by atoms with Gasteiger partial charge >= 0.3 is 0 Å². The summed E-state index contributed by atoms with van der Waals surface area (Å²) in [6.45, 7) is 9.73. The van der Waals surface area contributed by atoms with Crippen molar-refractivity contribution in [3.8, 4) is 5.75 Å². The first-order valence-corrected chi connectivity index (χ1v) is 10.9. The maximum Gasteiger partial charge on any atom is 0.119 e. The van der Waals surface area contributed by atoms with Crippen molar-refractivity contribution in [1.29, 1.82) is 0 Å². The molecule has 0 spiro atoms. The molecule has 0 N–H and O–H groups in total. The minimum absolute atomic E-state index is 0.189. The van der Waals surface area contributed by atoms with Crippen molar-refractivity contribution in [2.45, 2.75) is 52.1 Å². The number of aryl methyl sites for hydroxylation is 1. The van der Waals surface area contributed by atoms with Crippen LogP contribution in [0, 0.1) is 0 Å². The fourth-order valence-corrected chi connectivity index (χ4v) is 3.76. The largest absolute Gasteiger partial charge is 0.497 e. The second-order valence-electron chi connectivity index (χ2n) is 9.10. The van der Waals surface area contributed by atoms with Gasteiger partial charge in [-0.2, -0.15) is 0 Å². The van der Waals surface area contributed by atoms with Gasteiger partial charge in [-0.15, -0.1) is 0 Å². The van der Waals surface area contributed by atoms with Crippen LogP contribution < -0.4 is 4.74 Å². The van der Waals surface area contributed by atoms with Crippen molar-refractivity contribution in [2.24, 2.45) is 0 Å². The summed E-state index contributed by atoms with van der Waals surface area (Å²) in [5.74, 6) is 0.922. The smallest absolute Gasteiger partial charge is 0.119 e. The Morgan fingerprint density at radius 2 is 1.40 bits per heavy atom. The Labute approximate surface area is 182 Å². The van der Waals surface area contributed by atoms with Gasteiger partial charge in [-0.05, 0) is 59.2 Å². The summed E-state index contributed by atoms with van der Waals surface area (Å²) in [4.78, 5) is 2.55. The average Bonchev–Trinajstić information content (AvgIpc) is 2.74. The Balaban J connectivity index is 1.69. The molecule has 0 saturated heterocycles. The first-order valence-electron chi connectivity index (χ1n) is 10.9. The molecule has 2 heteroatoms. The SMILES string of the molecule is COc1cccc(CN(CCCc2ccccc2)Cc2ccc(C(C)(C)C)cc2)c1. The Morgan fingerprint density at radius 1 is 0.733 bits per heavy atom. The van der Waals surface area contributed by atoms with Crippen LogP contribution >= 0.6 is 0 Å². The van der Waals surface area contributed by atoms with Gasteiger partial charge in [0.2, 0.25) is 0 Å². The third kappa shape index (κ3) is 6.74. The van der Waals surface area contributed by atoms with E-state index in [0.717, 1.165) is 38.2 Å². The number of ether oxygens (including phenoxy) is 1. The molecule has 3 aromatic carbocycles. The molecule has 0 atom stereocenters. The summed E-state index contributed by atoms with van der Waals surface area (Å²) in [6.07, 6.45) is 2.26. The van der Waals surface area contributed by atoms with Crippen LogP contribution in [-0.2, 0) is 24.9 Å². The molecule has 0 aliphatic carbocycles. The van der Waals surface area contributed by atoms with Gasteiger partial charge in [0.25, 0.3) is 0 Å². The fraction of sp³-hybridized carbons (Fsp3) is 0.357. The molecule has 3 rings (SSSR count). The Hall–Kier alpha value is -2.58. The Morgan fingerprint density at radius 3 is 2.07 bits per heavy atom. The summed E-state index contributed by atoms with van der Waals surface area (Å²) < 4.78 is 5.42. The lowest BCUT2D eigenvalue weighted by atomic mass is 9.87. The minimum Gasteiger partial charge on any atom is -0.497 e. The molecule has 158 valence electrons. The summed E-state index contributed by atoms with van der Waals surface area (Å²) in [5, 5.41) is 0. The summed E-state index contributed by atoms with van der Waals surface area (Å²) in [6, 6.07) is 28.3. The minimum atomic E-state index is 0.189. The van der Waals surface area contributed by atoms with Crippen molar-refractivity contribution in [3.05, 3.63) is 101 Å². The van der Waals surface area contributed by atoms with E-state index < -0.39 is 0 Å². The van der Waals surface area contributed by atoms with E-state index in [0.29, 0.717) is 0 Å². The van der Waals surface area contributed by atoms with E-state index in [-0.39, 0.29) is 5.41 Å². The van der Waals surface area contributed by atoms with Crippen molar-refractivity contribution < 1.29 is 4.74 Å². The summed E-state index contributed by atoms with van der Waals surface area (Å²) in [7, 11) is 1.73. The predicted molar refractivity (Wildman–Crippen MR) is 127 cm³/mol. The maximum atomic E-state index is 5.42. The van der Waals surface area contributed by atoms with Gasteiger partial charge in [0.05, 0.1) is 7.11 Å². The first-order chi connectivity index (χ1) is 14.4. The van der Waals surface area contributed by atoms with Crippen molar-refractivity contribution in [1.82, 2.24) is 4.90 Å². The summed E-state index contributed by atoms with van der Waals surface area (Å²) >= 11 is 0. The van der Waals surface area contributed by atoms with E-state index in [1.165, 1.54) is 22.3 Å². The van der Waals surface area contributed by atoms with E-state index in [1.807, 2.05) is 6.07 Å². The van der Waals surface area contributed by atoms with Gasteiger partial charge in [0, 0.05) is 13.1 Å². The first kappa shape index (κ1) is 22.1. The third-order valence-electron chi connectivity index (χ3n) is 5.55. The summed E-state index contributed by atoms with van der Waals surface area (Å²) in [5.41, 5.74) is 5.64. The lowest BCUT2D eigenvalue weighted by Crippen LogP contribution is -2.24. The molecular weight excluding hydrogens is 366 g/mol. The molecule has 0 radical (unpaired) electrons. The maximum absolute atomic E-state index is 5.42. The van der Waals surface area contributed by atoms with Crippen LogP contribution in [0.2, 0.25) is 0 Å². The van der Waals surface area contributed by atoms with Crippen molar-refractivity contribution in [2.75, 3.05) is 13.7 Å². The lowest BCUT2D eigenvalue weighted by molar-refractivity contribution is 0.253. The quantitative estimate of drug-likeness (QED) is 0.399. The van der Waals surface area contributed by atoms with Crippen molar-refractivity contribution in [3.63, 3.8) is 0 Å². The Kier molecular flexibility index (Phi) is 7.70. The van der Waals surface area contributed by atoms with Gasteiger partial charge in [-0.3, -0.25) is 4.90 Å². The zero-order valence-corrected chi connectivity index (χ0v) is 18.9. The van der Waals surface area contributed by atoms with Crippen molar-refractivity contribution >= 4 is 0 Å². The molecule has 0 heterocycles. The molecule has 0 fully saturated rings. The molecule has 3 aromatic rings. The monoisotopic (exact) mass is 401 g/mol. The van der Waals surface area contributed by atoms with Crippen LogP contribution in [0.1, 0.15) is 49.4 Å². The van der Waals surface area contributed by atoms with E-state index in [4.69, 9.17) is 4.74 Å². The molecule has 0 bridgehead atoms. The topological polar surface area (TPSA) is 12.5 Å². The van der Waals surface area contributed by atoms with E-state index in [9.17, 15) is 0 Å². The highest BCUT2D eigenvalue weighted by Gasteiger charge is 2.14. The van der Waals surface area contributed by atoms with Gasteiger partial charge in [0.15, 0.2) is 0 Å². The molecule has 30 heavy (non-hydrogen) atoms. The normalized spacial score (nSPS) is 11.6. The molecule has 0 aliphatic heterocycles. The zero-order valence-electron chi connectivity index (χ0n) is 18.9. The molecule has 0 amide bonds. The lowest BCUT2D eigenvalue weighted by Gasteiger charge is -2.24. The second-order valence-corrected chi connectivity index (χ2v) is 9.10. The van der Waals surface area contributed by atoms with Gasteiger partial charge < -0.3 is 4.74 Å². The highest BCUT2D eigenvalue weighted by molar-refractivity contribution is 5.29.